The Morgan fingerprint density at radius 1 is 1.35 bits per heavy atom. The fourth-order valence-corrected chi connectivity index (χ4v) is 1.80. The van der Waals surface area contributed by atoms with Crippen LogP contribution in [0.5, 0.6) is 0 Å². The Balaban J connectivity index is 2.24. The summed E-state index contributed by atoms with van der Waals surface area (Å²) in [6, 6.07) is 9.39. The molecule has 0 fully saturated rings. The normalized spacial score (nSPS) is 12.1. The number of nitrogens with one attached hydrogen (secondary N) is 1. The molecule has 0 saturated carbocycles. The SMILES string of the molecule is CCCCC(=O)NS(=O)OCc1ccccc1. The summed E-state index contributed by atoms with van der Waals surface area (Å²) in [6.07, 6.45) is 2.11. The molecule has 0 aliphatic rings. The molecule has 94 valence electrons. The second-order valence-corrected chi connectivity index (χ2v) is 4.52. The lowest BCUT2D eigenvalue weighted by Crippen LogP contribution is -2.26. The Bertz CT molecular complexity index is 367. The maximum Gasteiger partial charge on any atom is 0.264 e. The zero-order valence-electron chi connectivity index (χ0n) is 9.85. The molecule has 0 saturated heterocycles. The smallest absolute Gasteiger partial charge is 0.264 e. The fourth-order valence-electron chi connectivity index (χ4n) is 1.21. The highest BCUT2D eigenvalue weighted by Crippen LogP contribution is 2.01. The molecule has 1 rings (SSSR count). The first-order valence-electron chi connectivity index (χ1n) is 5.61. The average Bonchev–Trinajstić information content (AvgIpc) is 2.35. The van der Waals surface area contributed by atoms with E-state index >= 15 is 0 Å². The van der Waals surface area contributed by atoms with Crippen molar-refractivity contribution in [1.82, 2.24) is 4.72 Å². The van der Waals surface area contributed by atoms with E-state index in [1.54, 1.807) is 0 Å². The summed E-state index contributed by atoms with van der Waals surface area (Å²) >= 11 is -1.75. The van der Waals surface area contributed by atoms with Gasteiger partial charge in [0.1, 0.15) is 0 Å². The minimum Gasteiger partial charge on any atom is -0.274 e. The molecular weight excluding hydrogens is 238 g/mol. The van der Waals surface area contributed by atoms with E-state index in [4.69, 9.17) is 4.18 Å². The minimum atomic E-state index is -1.75. The van der Waals surface area contributed by atoms with Crippen LogP contribution in [0.25, 0.3) is 0 Å². The third-order valence-corrected chi connectivity index (χ3v) is 2.86. The molecule has 1 amide bonds. The standard InChI is InChI=1S/C12H17NO3S/c1-2-3-9-12(14)13-17(15)16-10-11-7-5-4-6-8-11/h4-8H,2-3,9-10H2,1H3,(H,13,14). The fraction of sp³-hybridized carbons (Fsp3) is 0.417. The largest absolute Gasteiger partial charge is 0.274 e. The highest BCUT2D eigenvalue weighted by molar-refractivity contribution is 7.78. The van der Waals surface area contributed by atoms with E-state index in [1.165, 1.54) is 0 Å². The highest BCUT2D eigenvalue weighted by atomic mass is 32.2. The number of benzene rings is 1. The molecule has 0 aromatic heterocycles. The molecule has 0 aliphatic heterocycles. The predicted molar refractivity (Wildman–Crippen MR) is 67.0 cm³/mol. The average molecular weight is 255 g/mol. The number of unbranched alkanes of at least 4 members (excludes halogenated alkanes) is 1. The summed E-state index contributed by atoms with van der Waals surface area (Å²) in [4.78, 5) is 11.2. The second kappa shape index (κ2) is 7.97. The van der Waals surface area contributed by atoms with Crippen molar-refractivity contribution in [2.24, 2.45) is 0 Å². The first-order valence-corrected chi connectivity index (χ1v) is 6.68. The van der Waals surface area contributed by atoms with Crippen molar-refractivity contribution in [3.8, 4) is 0 Å². The van der Waals surface area contributed by atoms with Crippen molar-refractivity contribution in [3.63, 3.8) is 0 Å². The van der Waals surface area contributed by atoms with Crippen LogP contribution in [0.3, 0.4) is 0 Å². The number of hydrogen-bond acceptors (Lipinski definition) is 3. The van der Waals surface area contributed by atoms with Gasteiger partial charge < -0.3 is 0 Å². The Morgan fingerprint density at radius 2 is 2.06 bits per heavy atom. The number of amides is 1. The van der Waals surface area contributed by atoms with Crippen molar-refractivity contribution in [2.45, 2.75) is 32.8 Å². The Morgan fingerprint density at radius 3 is 2.71 bits per heavy atom. The van der Waals surface area contributed by atoms with Gasteiger partial charge in [-0.2, -0.15) is 0 Å². The molecule has 1 aromatic carbocycles. The number of rotatable bonds is 7. The molecule has 0 radical (unpaired) electrons. The molecule has 0 heterocycles. The van der Waals surface area contributed by atoms with Crippen molar-refractivity contribution >= 4 is 17.2 Å². The van der Waals surface area contributed by atoms with E-state index < -0.39 is 11.3 Å². The van der Waals surface area contributed by atoms with Crippen LogP contribution in [0.2, 0.25) is 0 Å². The van der Waals surface area contributed by atoms with Crippen LogP contribution in [0, 0.1) is 0 Å². The van der Waals surface area contributed by atoms with E-state index in [2.05, 4.69) is 4.72 Å². The lowest BCUT2D eigenvalue weighted by Gasteiger charge is -2.04. The Hall–Kier alpha value is -1.20. The van der Waals surface area contributed by atoms with E-state index in [-0.39, 0.29) is 12.5 Å². The lowest BCUT2D eigenvalue weighted by atomic mass is 10.2. The van der Waals surface area contributed by atoms with Gasteiger partial charge in [-0.25, -0.2) is 4.21 Å². The molecule has 1 aromatic rings. The topological polar surface area (TPSA) is 55.4 Å². The molecular formula is C12H17NO3S. The third kappa shape index (κ3) is 6.19. The first kappa shape index (κ1) is 13.9. The van der Waals surface area contributed by atoms with Crippen LogP contribution in [0.15, 0.2) is 30.3 Å². The molecule has 0 aliphatic carbocycles. The van der Waals surface area contributed by atoms with Gasteiger partial charge in [-0.1, -0.05) is 43.7 Å². The van der Waals surface area contributed by atoms with Gasteiger partial charge in [0.05, 0.1) is 6.61 Å². The third-order valence-electron chi connectivity index (χ3n) is 2.13. The monoisotopic (exact) mass is 255 g/mol. The van der Waals surface area contributed by atoms with Crippen molar-refractivity contribution in [1.29, 1.82) is 0 Å². The van der Waals surface area contributed by atoms with E-state index in [1.807, 2.05) is 37.3 Å². The molecule has 0 spiro atoms. The van der Waals surface area contributed by atoms with Crippen molar-refractivity contribution < 1.29 is 13.2 Å². The van der Waals surface area contributed by atoms with Crippen molar-refractivity contribution in [2.75, 3.05) is 0 Å². The molecule has 1 atom stereocenters. The predicted octanol–water partition coefficient (Wildman–Crippen LogP) is 2.09. The maximum atomic E-state index is 11.3. The van der Waals surface area contributed by atoms with Gasteiger partial charge in [0.25, 0.3) is 11.3 Å². The lowest BCUT2D eigenvalue weighted by molar-refractivity contribution is -0.119. The van der Waals surface area contributed by atoms with Gasteiger partial charge >= 0.3 is 0 Å². The second-order valence-electron chi connectivity index (χ2n) is 3.61. The minimum absolute atomic E-state index is 0.224. The van der Waals surface area contributed by atoms with Crippen LogP contribution < -0.4 is 4.72 Å². The highest BCUT2D eigenvalue weighted by Gasteiger charge is 2.06. The first-order chi connectivity index (χ1) is 8.22. The molecule has 5 heteroatoms. The maximum absolute atomic E-state index is 11.3. The van der Waals surface area contributed by atoms with Gasteiger partial charge in [0, 0.05) is 6.42 Å². The summed E-state index contributed by atoms with van der Waals surface area (Å²) in [6.45, 7) is 2.22. The number of hydrogen-bond donors (Lipinski definition) is 1. The van der Waals surface area contributed by atoms with Gasteiger partial charge in [0.2, 0.25) is 5.91 Å². The van der Waals surface area contributed by atoms with E-state index in [9.17, 15) is 9.00 Å². The van der Waals surface area contributed by atoms with Crippen LogP contribution >= 0.6 is 0 Å². The van der Waals surface area contributed by atoms with Crippen LogP contribution in [-0.4, -0.2) is 10.1 Å². The summed E-state index contributed by atoms with van der Waals surface area (Å²) in [5.74, 6) is -0.238. The van der Waals surface area contributed by atoms with Gasteiger partial charge in [-0.3, -0.25) is 13.7 Å². The molecule has 0 bridgehead atoms. The molecule has 4 nitrogen and oxygen atoms in total. The number of carbonyl (C=O) groups excluding carboxylic acids is 1. The number of carbonyl (C=O) groups is 1. The molecule has 17 heavy (non-hydrogen) atoms. The summed E-state index contributed by atoms with van der Waals surface area (Å²) in [7, 11) is 0. The molecule has 1 unspecified atom stereocenters. The van der Waals surface area contributed by atoms with E-state index in [0.29, 0.717) is 6.42 Å². The van der Waals surface area contributed by atoms with Crippen LogP contribution in [-0.2, 0) is 26.9 Å². The van der Waals surface area contributed by atoms with Gasteiger partial charge in [0.15, 0.2) is 0 Å². The van der Waals surface area contributed by atoms with Gasteiger partial charge in [-0.15, -0.1) is 0 Å². The summed E-state index contributed by atoms with van der Waals surface area (Å²) in [5.41, 5.74) is 0.920. The van der Waals surface area contributed by atoms with Gasteiger partial charge in [-0.05, 0) is 12.0 Å². The Labute approximate surface area is 104 Å². The van der Waals surface area contributed by atoms with Crippen molar-refractivity contribution in [3.05, 3.63) is 35.9 Å². The zero-order chi connectivity index (χ0) is 12.5. The van der Waals surface area contributed by atoms with E-state index in [0.717, 1.165) is 18.4 Å². The Kier molecular flexibility index (Phi) is 6.50. The zero-order valence-corrected chi connectivity index (χ0v) is 10.7. The molecule has 1 N–H and O–H groups in total. The van der Waals surface area contributed by atoms with Crippen LogP contribution in [0.4, 0.5) is 0 Å². The quantitative estimate of drug-likeness (QED) is 0.811. The summed E-state index contributed by atoms with van der Waals surface area (Å²) in [5, 5.41) is 0. The summed E-state index contributed by atoms with van der Waals surface area (Å²) < 4.78 is 18.7. The van der Waals surface area contributed by atoms with Crippen LogP contribution in [0.1, 0.15) is 31.7 Å².